The zero-order chi connectivity index (χ0) is 14.9. The molecule has 0 fully saturated rings. The summed E-state index contributed by atoms with van der Waals surface area (Å²) in [4.78, 5) is 15.6. The Morgan fingerprint density at radius 3 is 2.90 bits per heavy atom. The minimum absolute atomic E-state index is 0.175. The molecule has 0 aliphatic carbocycles. The van der Waals surface area contributed by atoms with Crippen molar-refractivity contribution in [3.63, 3.8) is 0 Å². The number of carbonyl (C=O) groups is 1. The van der Waals surface area contributed by atoms with Crippen molar-refractivity contribution in [3.8, 4) is 0 Å². The average Bonchev–Trinajstić information content (AvgIpc) is 2.67. The van der Waals surface area contributed by atoms with Crippen molar-refractivity contribution in [2.75, 3.05) is 5.88 Å². The number of rotatable bonds is 5. The van der Waals surface area contributed by atoms with Crippen LogP contribution in [0.25, 0.3) is 11.0 Å². The van der Waals surface area contributed by atoms with E-state index in [4.69, 9.17) is 17.3 Å². The fourth-order valence-electron chi connectivity index (χ4n) is 2.28. The van der Waals surface area contributed by atoms with E-state index in [9.17, 15) is 9.18 Å². The Morgan fingerprint density at radius 2 is 2.30 bits per heavy atom. The quantitative estimate of drug-likeness (QED) is 0.610. The average molecular weight is 410 g/mol. The lowest BCUT2D eigenvalue weighted by atomic mass is 10.2. The third-order valence-corrected chi connectivity index (χ3v) is 4.08. The summed E-state index contributed by atoms with van der Waals surface area (Å²) in [5, 5.41) is 0. The Morgan fingerprint density at radius 1 is 1.60 bits per heavy atom. The van der Waals surface area contributed by atoms with Gasteiger partial charge in [0, 0.05) is 30.8 Å². The Labute approximate surface area is 134 Å². The highest BCUT2D eigenvalue weighted by Gasteiger charge is 2.18. The second kappa shape index (κ2) is 6.26. The first kappa shape index (κ1) is 15.5. The molecule has 0 saturated heterocycles. The number of halogens is 3. The predicted octanol–water partition coefficient (Wildman–Crippen LogP) is 3.00. The van der Waals surface area contributed by atoms with E-state index in [0.29, 0.717) is 26.9 Å². The molecule has 1 heterocycles. The van der Waals surface area contributed by atoms with Gasteiger partial charge in [-0.1, -0.05) is 0 Å². The van der Waals surface area contributed by atoms with Gasteiger partial charge in [-0.15, -0.1) is 11.6 Å². The Bertz CT molecular complexity index is 659. The van der Waals surface area contributed by atoms with E-state index in [2.05, 4.69) is 4.98 Å². The van der Waals surface area contributed by atoms with Crippen LogP contribution >= 0.6 is 34.2 Å². The lowest BCUT2D eigenvalue weighted by Gasteiger charge is -2.16. The van der Waals surface area contributed by atoms with Crippen LogP contribution in [-0.2, 0) is 11.2 Å². The van der Waals surface area contributed by atoms with Gasteiger partial charge in [-0.3, -0.25) is 4.79 Å². The molecule has 2 rings (SSSR count). The molecule has 4 nitrogen and oxygen atoms in total. The van der Waals surface area contributed by atoms with Crippen LogP contribution in [0, 0.1) is 9.39 Å². The van der Waals surface area contributed by atoms with Gasteiger partial charge in [-0.05, 0) is 35.6 Å². The SMILES string of the molecule is CC(CC(N)=O)n1c(CCCl)nc2cc(I)c(F)cc21. The Kier molecular flexibility index (Phi) is 4.85. The lowest BCUT2D eigenvalue weighted by molar-refractivity contribution is -0.118. The smallest absolute Gasteiger partial charge is 0.219 e. The van der Waals surface area contributed by atoms with Crippen molar-refractivity contribution in [2.45, 2.75) is 25.8 Å². The highest BCUT2D eigenvalue weighted by Crippen LogP contribution is 2.26. The number of nitrogens with zero attached hydrogens (tertiary/aromatic N) is 2. The van der Waals surface area contributed by atoms with Crippen LogP contribution in [0.4, 0.5) is 4.39 Å². The number of fused-ring (bicyclic) bond motifs is 1. The van der Waals surface area contributed by atoms with E-state index in [1.54, 1.807) is 6.07 Å². The number of hydrogen-bond donors (Lipinski definition) is 1. The maximum absolute atomic E-state index is 13.8. The summed E-state index contributed by atoms with van der Waals surface area (Å²) in [5.74, 6) is 0.446. The zero-order valence-electron chi connectivity index (χ0n) is 10.9. The van der Waals surface area contributed by atoms with Gasteiger partial charge in [0.05, 0.1) is 14.6 Å². The van der Waals surface area contributed by atoms with E-state index in [-0.39, 0.29) is 18.3 Å². The molecule has 108 valence electrons. The number of carbonyl (C=O) groups excluding carboxylic acids is 1. The number of hydrogen-bond acceptors (Lipinski definition) is 2. The molecule has 0 bridgehead atoms. The van der Waals surface area contributed by atoms with Crippen LogP contribution in [0.3, 0.4) is 0 Å². The van der Waals surface area contributed by atoms with Crippen molar-refractivity contribution < 1.29 is 9.18 Å². The normalized spacial score (nSPS) is 12.8. The number of amides is 1. The van der Waals surface area contributed by atoms with E-state index >= 15 is 0 Å². The van der Waals surface area contributed by atoms with E-state index in [1.807, 2.05) is 34.1 Å². The van der Waals surface area contributed by atoms with Crippen LogP contribution in [0.15, 0.2) is 12.1 Å². The second-order valence-electron chi connectivity index (χ2n) is 4.61. The van der Waals surface area contributed by atoms with Crippen molar-refractivity contribution in [3.05, 3.63) is 27.3 Å². The fourth-order valence-corrected chi connectivity index (χ4v) is 2.90. The van der Waals surface area contributed by atoms with Crippen LogP contribution in [0.5, 0.6) is 0 Å². The van der Waals surface area contributed by atoms with Gasteiger partial charge in [-0.25, -0.2) is 9.37 Å². The van der Waals surface area contributed by atoms with Crippen molar-refractivity contribution in [1.82, 2.24) is 9.55 Å². The molecule has 1 atom stereocenters. The first-order chi connectivity index (χ1) is 9.43. The van der Waals surface area contributed by atoms with Gasteiger partial charge in [0.15, 0.2) is 0 Å². The highest BCUT2D eigenvalue weighted by molar-refractivity contribution is 14.1. The van der Waals surface area contributed by atoms with Gasteiger partial charge in [0.25, 0.3) is 0 Å². The van der Waals surface area contributed by atoms with E-state index in [0.717, 1.165) is 5.82 Å². The van der Waals surface area contributed by atoms with Crippen molar-refractivity contribution in [2.24, 2.45) is 5.73 Å². The molecule has 1 amide bonds. The van der Waals surface area contributed by atoms with E-state index in [1.165, 1.54) is 6.07 Å². The molecule has 7 heteroatoms. The topological polar surface area (TPSA) is 60.9 Å². The molecule has 20 heavy (non-hydrogen) atoms. The summed E-state index contributed by atoms with van der Waals surface area (Å²) < 4.78 is 16.1. The molecule has 0 aliphatic heterocycles. The predicted molar refractivity (Wildman–Crippen MR) is 85.4 cm³/mol. The third kappa shape index (κ3) is 3.06. The largest absolute Gasteiger partial charge is 0.370 e. The van der Waals surface area contributed by atoms with Crippen LogP contribution < -0.4 is 5.73 Å². The number of aryl methyl sites for hydroxylation is 1. The third-order valence-electron chi connectivity index (χ3n) is 3.06. The fraction of sp³-hybridized carbons (Fsp3) is 0.385. The first-order valence-corrected chi connectivity index (χ1v) is 7.75. The van der Waals surface area contributed by atoms with Gasteiger partial charge in [0.2, 0.25) is 5.91 Å². The lowest BCUT2D eigenvalue weighted by Crippen LogP contribution is -2.19. The second-order valence-corrected chi connectivity index (χ2v) is 6.15. The minimum atomic E-state index is -0.401. The summed E-state index contributed by atoms with van der Waals surface area (Å²) >= 11 is 7.72. The van der Waals surface area contributed by atoms with Crippen LogP contribution in [0.1, 0.15) is 25.2 Å². The van der Waals surface area contributed by atoms with Gasteiger partial charge in [-0.2, -0.15) is 0 Å². The number of nitrogens with two attached hydrogens (primary N) is 1. The summed E-state index contributed by atoms with van der Waals surface area (Å²) in [6.45, 7) is 1.86. The number of primary amides is 1. The molecule has 0 radical (unpaired) electrons. The Hall–Kier alpha value is -0.890. The van der Waals surface area contributed by atoms with Crippen LogP contribution in [-0.4, -0.2) is 21.3 Å². The highest BCUT2D eigenvalue weighted by atomic mass is 127. The summed E-state index contributed by atoms with van der Waals surface area (Å²) in [7, 11) is 0. The monoisotopic (exact) mass is 409 g/mol. The summed E-state index contributed by atoms with van der Waals surface area (Å²) in [5.41, 5.74) is 6.61. The molecular weight excluding hydrogens is 396 g/mol. The number of benzene rings is 1. The molecule has 0 aliphatic rings. The minimum Gasteiger partial charge on any atom is -0.370 e. The number of alkyl halides is 1. The maximum Gasteiger partial charge on any atom is 0.219 e. The molecule has 1 unspecified atom stereocenters. The molecule has 0 spiro atoms. The number of aromatic nitrogens is 2. The van der Waals surface area contributed by atoms with Gasteiger partial charge < -0.3 is 10.3 Å². The van der Waals surface area contributed by atoms with Crippen LogP contribution in [0.2, 0.25) is 0 Å². The molecule has 2 aromatic rings. The van der Waals surface area contributed by atoms with Gasteiger partial charge >= 0.3 is 0 Å². The molecule has 1 aromatic heterocycles. The first-order valence-electron chi connectivity index (χ1n) is 6.14. The Balaban J connectivity index is 2.61. The number of imidazole rings is 1. The molecule has 1 aromatic carbocycles. The standard InChI is InChI=1S/C13H14ClFIN3O/c1-7(4-12(17)20)19-11-5-8(15)9(16)6-10(11)18-13(19)2-3-14/h5-7H,2-4H2,1H3,(H2,17,20). The molecule has 0 saturated carbocycles. The molecular formula is C13H14ClFIN3O. The zero-order valence-corrected chi connectivity index (χ0v) is 13.8. The van der Waals surface area contributed by atoms with Gasteiger partial charge in [0.1, 0.15) is 11.6 Å². The maximum atomic E-state index is 13.8. The van der Waals surface area contributed by atoms with E-state index < -0.39 is 5.91 Å². The van der Waals surface area contributed by atoms with Crippen molar-refractivity contribution >= 4 is 51.1 Å². The summed E-state index contributed by atoms with van der Waals surface area (Å²) in [6, 6.07) is 2.95. The van der Waals surface area contributed by atoms with Crippen molar-refractivity contribution in [1.29, 1.82) is 0 Å². The summed E-state index contributed by atoms with van der Waals surface area (Å²) in [6.07, 6.45) is 0.728. The molecule has 2 N–H and O–H groups in total.